The topological polar surface area (TPSA) is 76.4 Å². The van der Waals surface area contributed by atoms with Crippen LogP contribution in [0, 0.1) is 29.9 Å². The van der Waals surface area contributed by atoms with Crippen molar-refractivity contribution in [2.45, 2.75) is 13.8 Å². The summed E-state index contributed by atoms with van der Waals surface area (Å²) >= 11 is 0. The Bertz CT molecular complexity index is 936. The maximum atomic E-state index is 13.7. The van der Waals surface area contributed by atoms with E-state index in [9.17, 15) is 18.8 Å². The van der Waals surface area contributed by atoms with Crippen LogP contribution in [0.25, 0.3) is 6.08 Å². The first-order valence-electron chi connectivity index (χ1n) is 8.74. The third-order valence-electron chi connectivity index (χ3n) is 4.21. The summed E-state index contributed by atoms with van der Waals surface area (Å²) in [4.78, 5) is 14.3. The number of hydrogen-bond donors (Lipinski definition) is 2. The Morgan fingerprint density at radius 3 is 2.61 bits per heavy atom. The highest BCUT2D eigenvalue weighted by molar-refractivity contribution is 6.09. The van der Waals surface area contributed by atoms with Crippen molar-refractivity contribution in [1.82, 2.24) is 0 Å². The van der Waals surface area contributed by atoms with Crippen LogP contribution < -0.4 is 10.2 Å². The molecule has 0 atom stereocenters. The van der Waals surface area contributed by atoms with Gasteiger partial charge in [-0.25, -0.2) is 8.78 Å². The Hall–Kier alpha value is -3.24. The molecule has 0 aliphatic rings. The second kappa shape index (κ2) is 9.62. The van der Waals surface area contributed by atoms with Crippen LogP contribution in [0.2, 0.25) is 0 Å². The largest absolute Gasteiger partial charge is 0.395 e. The van der Waals surface area contributed by atoms with E-state index in [4.69, 9.17) is 5.11 Å². The molecule has 0 aliphatic carbocycles. The van der Waals surface area contributed by atoms with Crippen LogP contribution in [0.15, 0.2) is 42.0 Å². The number of nitrogens with zero attached hydrogens (tertiary/aromatic N) is 2. The first-order valence-corrected chi connectivity index (χ1v) is 8.74. The van der Waals surface area contributed by atoms with Crippen LogP contribution in [-0.2, 0) is 4.79 Å². The monoisotopic (exact) mass is 385 g/mol. The molecular formula is C21H21F2N3O2. The second-order valence-corrected chi connectivity index (χ2v) is 6.09. The number of nitrogens with one attached hydrogen (secondary N) is 1. The van der Waals surface area contributed by atoms with Crippen molar-refractivity contribution < 1.29 is 18.7 Å². The number of amides is 1. The van der Waals surface area contributed by atoms with Crippen molar-refractivity contribution in [2.24, 2.45) is 0 Å². The van der Waals surface area contributed by atoms with Crippen LogP contribution in [0.4, 0.5) is 20.2 Å². The highest BCUT2D eigenvalue weighted by Crippen LogP contribution is 2.22. The summed E-state index contributed by atoms with van der Waals surface area (Å²) in [7, 11) is 0. The predicted octanol–water partition coefficient (Wildman–Crippen LogP) is 3.64. The molecule has 2 N–H and O–H groups in total. The number of benzene rings is 2. The first-order chi connectivity index (χ1) is 13.4. The fourth-order valence-corrected chi connectivity index (χ4v) is 2.69. The molecule has 5 nitrogen and oxygen atoms in total. The number of rotatable bonds is 7. The molecule has 28 heavy (non-hydrogen) atoms. The van der Waals surface area contributed by atoms with Crippen molar-refractivity contribution in [3.8, 4) is 6.07 Å². The number of nitriles is 1. The Morgan fingerprint density at radius 2 is 2.04 bits per heavy atom. The number of aliphatic hydroxyl groups excluding tert-OH is 1. The van der Waals surface area contributed by atoms with Crippen LogP contribution in [0.3, 0.4) is 0 Å². The van der Waals surface area contributed by atoms with Gasteiger partial charge in [0, 0.05) is 24.8 Å². The molecule has 7 heteroatoms. The Labute approximate surface area is 162 Å². The summed E-state index contributed by atoms with van der Waals surface area (Å²) in [5.41, 5.74) is 2.00. The molecule has 146 valence electrons. The highest BCUT2D eigenvalue weighted by Gasteiger charge is 2.14. The summed E-state index contributed by atoms with van der Waals surface area (Å²) < 4.78 is 26.7. The zero-order valence-corrected chi connectivity index (χ0v) is 15.7. The standard InChI is InChI=1S/C21H21F2N3O2/c1-3-26(8-9-27)18-6-4-15(14(2)10-18)11-16(13-24)21(28)25-20-7-5-17(22)12-19(20)23/h4-7,10-12,27H,3,8-9H2,1-2H3,(H,25,28)/b16-11+. The van der Waals surface area contributed by atoms with Crippen molar-refractivity contribution >= 4 is 23.4 Å². The number of anilines is 2. The van der Waals surface area contributed by atoms with Gasteiger partial charge >= 0.3 is 0 Å². The van der Waals surface area contributed by atoms with E-state index in [1.165, 1.54) is 6.08 Å². The third kappa shape index (κ3) is 5.15. The minimum Gasteiger partial charge on any atom is -0.395 e. The van der Waals surface area contributed by atoms with E-state index in [1.54, 1.807) is 12.1 Å². The molecule has 0 aromatic heterocycles. The lowest BCUT2D eigenvalue weighted by Crippen LogP contribution is -2.26. The minimum absolute atomic E-state index is 0.0350. The average Bonchev–Trinajstić information content (AvgIpc) is 2.67. The van der Waals surface area contributed by atoms with Gasteiger partial charge < -0.3 is 15.3 Å². The van der Waals surface area contributed by atoms with Gasteiger partial charge in [-0.3, -0.25) is 4.79 Å². The molecule has 0 radical (unpaired) electrons. The number of hydrogen-bond acceptors (Lipinski definition) is 4. The zero-order chi connectivity index (χ0) is 20.7. The molecule has 0 heterocycles. The van der Waals surface area contributed by atoms with E-state index in [0.29, 0.717) is 18.2 Å². The van der Waals surface area contributed by atoms with Crippen LogP contribution >= 0.6 is 0 Å². The van der Waals surface area contributed by atoms with Gasteiger partial charge in [0.1, 0.15) is 23.3 Å². The number of carbonyl (C=O) groups excluding carboxylic acids is 1. The smallest absolute Gasteiger partial charge is 0.266 e. The maximum absolute atomic E-state index is 13.7. The third-order valence-corrected chi connectivity index (χ3v) is 4.21. The molecule has 0 bridgehead atoms. The van der Waals surface area contributed by atoms with Crippen molar-refractivity contribution in [3.05, 3.63) is 64.7 Å². The van der Waals surface area contributed by atoms with Gasteiger partial charge in [0.15, 0.2) is 0 Å². The number of aliphatic hydroxyl groups is 1. The molecule has 2 rings (SSSR count). The van der Waals surface area contributed by atoms with Gasteiger partial charge in [-0.1, -0.05) is 6.07 Å². The zero-order valence-electron chi connectivity index (χ0n) is 15.7. The Morgan fingerprint density at radius 1 is 1.29 bits per heavy atom. The van der Waals surface area contributed by atoms with Gasteiger partial charge in [-0.2, -0.15) is 5.26 Å². The normalized spacial score (nSPS) is 11.1. The maximum Gasteiger partial charge on any atom is 0.266 e. The van der Waals surface area contributed by atoms with E-state index >= 15 is 0 Å². The first kappa shape index (κ1) is 21.1. The fraction of sp³-hybridized carbons (Fsp3) is 0.238. The summed E-state index contributed by atoms with van der Waals surface area (Å²) in [5.74, 6) is -2.47. The Balaban J connectivity index is 2.26. The van der Waals surface area contributed by atoms with Crippen molar-refractivity contribution in [1.29, 1.82) is 5.26 Å². The van der Waals surface area contributed by atoms with E-state index in [1.807, 2.05) is 30.9 Å². The van der Waals surface area contributed by atoms with Gasteiger partial charge in [0.25, 0.3) is 5.91 Å². The molecule has 2 aromatic rings. The molecule has 2 aromatic carbocycles. The van der Waals surface area contributed by atoms with Gasteiger partial charge in [0.05, 0.1) is 12.3 Å². The summed E-state index contributed by atoms with van der Waals surface area (Å²) in [5, 5.41) is 20.7. The van der Waals surface area contributed by atoms with Crippen molar-refractivity contribution in [3.63, 3.8) is 0 Å². The summed E-state index contributed by atoms with van der Waals surface area (Å²) in [6.45, 7) is 5.08. The predicted molar refractivity (Wildman–Crippen MR) is 105 cm³/mol. The number of likely N-dealkylation sites (N-methyl/N-ethyl adjacent to an activating group) is 1. The number of halogens is 2. The minimum atomic E-state index is -0.922. The summed E-state index contributed by atoms with van der Waals surface area (Å²) in [6, 6.07) is 10.1. The molecule has 0 spiro atoms. The average molecular weight is 385 g/mol. The van der Waals surface area contributed by atoms with Crippen LogP contribution in [0.1, 0.15) is 18.1 Å². The highest BCUT2D eigenvalue weighted by atomic mass is 19.1. The van der Waals surface area contributed by atoms with Crippen LogP contribution in [0.5, 0.6) is 0 Å². The quantitative estimate of drug-likeness (QED) is 0.564. The Kier molecular flexibility index (Phi) is 7.24. The fourth-order valence-electron chi connectivity index (χ4n) is 2.69. The molecular weight excluding hydrogens is 364 g/mol. The van der Waals surface area contributed by atoms with E-state index < -0.39 is 17.5 Å². The second-order valence-electron chi connectivity index (χ2n) is 6.09. The van der Waals surface area contributed by atoms with Gasteiger partial charge in [0.2, 0.25) is 0 Å². The number of carbonyl (C=O) groups is 1. The molecule has 1 amide bonds. The van der Waals surface area contributed by atoms with Crippen molar-refractivity contribution in [2.75, 3.05) is 29.9 Å². The lowest BCUT2D eigenvalue weighted by atomic mass is 10.0. The van der Waals surface area contributed by atoms with Gasteiger partial charge in [-0.15, -0.1) is 0 Å². The summed E-state index contributed by atoms with van der Waals surface area (Å²) in [6.07, 6.45) is 1.41. The SMILES string of the molecule is CCN(CCO)c1ccc(/C=C(\C#N)C(=O)Nc2ccc(F)cc2F)c(C)c1. The van der Waals surface area contributed by atoms with E-state index in [0.717, 1.165) is 29.9 Å². The lowest BCUT2D eigenvalue weighted by molar-refractivity contribution is -0.112. The van der Waals surface area contributed by atoms with Crippen LogP contribution in [-0.4, -0.2) is 30.7 Å². The van der Waals surface area contributed by atoms with E-state index in [-0.39, 0.29) is 17.9 Å². The molecule has 0 fully saturated rings. The molecule has 0 unspecified atom stereocenters. The molecule has 0 aliphatic heterocycles. The van der Waals surface area contributed by atoms with E-state index in [2.05, 4.69) is 5.32 Å². The molecule has 0 saturated heterocycles. The van der Waals surface area contributed by atoms with Gasteiger partial charge in [-0.05, 0) is 55.3 Å². The molecule has 0 saturated carbocycles. The lowest BCUT2D eigenvalue weighted by Gasteiger charge is -2.22. The number of aryl methyl sites for hydroxylation is 1.